The van der Waals surface area contributed by atoms with Crippen molar-refractivity contribution in [1.29, 1.82) is 0 Å². The van der Waals surface area contributed by atoms with Gasteiger partial charge in [-0.1, -0.05) is 63.2 Å². The van der Waals surface area contributed by atoms with Crippen LogP contribution in [0.15, 0.2) is 54.6 Å². The van der Waals surface area contributed by atoms with E-state index in [1.807, 2.05) is 18.2 Å². The highest BCUT2D eigenvalue weighted by Crippen LogP contribution is 2.38. The molecule has 150 valence electrons. The fraction of sp³-hybridized carbons (Fsp3) is 0.455. The van der Waals surface area contributed by atoms with Crippen molar-refractivity contribution in [2.45, 2.75) is 33.4 Å². The Hall–Kier alpha value is -1.26. The van der Waals surface area contributed by atoms with Gasteiger partial charge in [0.15, 0.2) is 0 Å². The van der Waals surface area contributed by atoms with Crippen molar-refractivity contribution < 1.29 is 4.74 Å². The summed E-state index contributed by atoms with van der Waals surface area (Å²) in [4.78, 5) is 2.61. The van der Waals surface area contributed by atoms with E-state index in [4.69, 9.17) is 4.74 Å². The van der Waals surface area contributed by atoms with Gasteiger partial charge in [0, 0.05) is 32.2 Å². The van der Waals surface area contributed by atoms with Crippen LogP contribution >= 0.6 is 24.8 Å². The Balaban J connectivity index is 0.00000182. The fourth-order valence-corrected chi connectivity index (χ4v) is 3.69. The molecule has 1 saturated heterocycles. The number of benzene rings is 2. The standard InChI is InChI=1S/C22H30N2O.2ClH/c1-22(2,3)21(24-15-13-23-14-16-24)19-9-11-20(12-10-19)25-17-18-7-5-4-6-8-18;;/h4-12,21,23H,13-17H2,1-3H3;2*1H/t21-;;/m0../s1. The van der Waals surface area contributed by atoms with Gasteiger partial charge in [-0.15, -0.1) is 24.8 Å². The van der Waals surface area contributed by atoms with Crippen LogP contribution in [0, 0.1) is 5.41 Å². The summed E-state index contributed by atoms with van der Waals surface area (Å²) in [7, 11) is 0. The predicted molar refractivity (Wildman–Crippen MR) is 118 cm³/mol. The maximum absolute atomic E-state index is 5.93. The number of hydrogen-bond acceptors (Lipinski definition) is 3. The summed E-state index contributed by atoms with van der Waals surface area (Å²) in [5, 5.41) is 3.45. The lowest BCUT2D eigenvalue weighted by atomic mass is 9.81. The van der Waals surface area contributed by atoms with E-state index in [0.717, 1.165) is 31.9 Å². The first-order chi connectivity index (χ1) is 12.0. The smallest absolute Gasteiger partial charge is 0.119 e. The fourth-order valence-electron chi connectivity index (χ4n) is 3.69. The number of ether oxygens (including phenoxy) is 1. The summed E-state index contributed by atoms with van der Waals surface area (Å²) in [5.41, 5.74) is 2.77. The molecule has 0 spiro atoms. The van der Waals surface area contributed by atoms with Crippen molar-refractivity contribution >= 4 is 24.8 Å². The van der Waals surface area contributed by atoms with E-state index in [0.29, 0.717) is 12.6 Å². The van der Waals surface area contributed by atoms with Crippen LogP contribution in [0.5, 0.6) is 5.75 Å². The van der Waals surface area contributed by atoms with Crippen molar-refractivity contribution in [2.75, 3.05) is 26.2 Å². The number of halogens is 2. The Morgan fingerprint density at radius 2 is 1.52 bits per heavy atom. The second-order valence-corrected chi connectivity index (χ2v) is 7.90. The van der Waals surface area contributed by atoms with Gasteiger partial charge in [-0.05, 0) is 28.7 Å². The molecule has 2 aromatic rings. The molecule has 1 aliphatic heterocycles. The van der Waals surface area contributed by atoms with E-state index in [1.165, 1.54) is 11.1 Å². The van der Waals surface area contributed by atoms with Crippen molar-refractivity contribution in [3.8, 4) is 5.75 Å². The Morgan fingerprint density at radius 3 is 2.07 bits per heavy atom. The molecule has 1 N–H and O–H groups in total. The number of hydrogen-bond donors (Lipinski definition) is 1. The van der Waals surface area contributed by atoms with Crippen molar-refractivity contribution in [3.05, 3.63) is 65.7 Å². The zero-order valence-electron chi connectivity index (χ0n) is 16.5. The molecule has 2 aromatic carbocycles. The first kappa shape index (κ1) is 23.8. The minimum Gasteiger partial charge on any atom is -0.489 e. The largest absolute Gasteiger partial charge is 0.489 e. The third-order valence-corrected chi connectivity index (χ3v) is 4.78. The monoisotopic (exact) mass is 410 g/mol. The summed E-state index contributed by atoms with van der Waals surface area (Å²) in [6.07, 6.45) is 0. The summed E-state index contributed by atoms with van der Waals surface area (Å²) >= 11 is 0. The maximum atomic E-state index is 5.93. The highest BCUT2D eigenvalue weighted by Gasteiger charge is 2.32. The molecule has 0 radical (unpaired) electrons. The van der Waals surface area contributed by atoms with Crippen LogP contribution < -0.4 is 10.1 Å². The van der Waals surface area contributed by atoms with Crippen LogP contribution in [0.4, 0.5) is 0 Å². The van der Waals surface area contributed by atoms with Gasteiger partial charge in [0.05, 0.1) is 0 Å². The van der Waals surface area contributed by atoms with Gasteiger partial charge in [-0.2, -0.15) is 0 Å². The molecule has 0 aliphatic carbocycles. The zero-order valence-corrected chi connectivity index (χ0v) is 18.1. The molecule has 1 fully saturated rings. The first-order valence-corrected chi connectivity index (χ1v) is 9.25. The van der Waals surface area contributed by atoms with Crippen LogP contribution in [0.1, 0.15) is 37.9 Å². The molecule has 1 aliphatic rings. The SMILES string of the molecule is CC(C)(C)[C@H](c1ccc(OCc2ccccc2)cc1)N1CCNCC1.Cl.Cl. The van der Waals surface area contributed by atoms with E-state index in [2.05, 4.69) is 67.4 Å². The summed E-state index contributed by atoms with van der Waals surface area (Å²) in [6.45, 7) is 12.0. The van der Waals surface area contributed by atoms with E-state index < -0.39 is 0 Å². The molecule has 3 nitrogen and oxygen atoms in total. The number of nitrogens with one attached hydrogen (secondary N) is 1. The summed E-state index contributed by atoms with van der Waals surface area (Å²) in [6, 6.07) is 19.4. The lowest BCUT2D eigenvalue weighted by Gasteiger charge is -2.42. The quantitative estimate of drug-likeness (QED) is 0.741. The molecule has 27 heavy (non-hydrogen) atoms. The number of rotatable bonds is 5. The van der Waals surface area contributed by atoms with Crippen molar-refractivity contribution in [2.24, 2.45) is 5.41 Å². The van der Waals surface area contributed by atoms with Gasteiger partial charge in [-0.25, -0.2) is 0 Å². The third kappa shape index (κ3) is 6.69. The van der Waals surface area contributed by atoms with Gasteiger partial charge in [0.2, 0.25) is 0 Å². The van der Waals surface area contributed by atoms with E-state index in [-0.39, 0.29) is 30.2 Å². The van der Waals surface area contributed by atoms with Gasteiger partial charge < -0.3 is 10.1 Å². The van der Waals surface area contributed by atoms with Crippen LogP contribution in [-0.2, 0) is 6.61 Å². The Morgan fingerprint density at radius 1 is 0.926 bits per heavy atom. The molecule has 0 bridgehead atoms. The number of piperazine rings is 1. The van der Waals surface area contributed by atoms with E-state index in [9.17, 15) is 0 Å². The van der Waals surface area contributed by atoms with Gasteiger partial charge in [0.1, 0.15) is 12.4 Å². The van der Waals surface area contributed by atoms with Crippen LogP contribution in [0.3, 0.4) is 0 Å². The first-order valence-electron chi connectivity index (χ1n) is 9.25. The van der Waals surface area contributed by atoms with E-state index >= 15 is 0 Å². The van der Waals surface area contributed by atoms with Gasteiger partial charge >= 0.3 is 0 Å². The zero-order chi connectivity index (χ0) is 17.7. The molecule has 5 heteroatoms. The average molecular weight is 411 g/mol. The minimum atomic E-state index is 0. The Bertz CT molecular complexity index is 650. The predicted octanol–water partition coefficient (Wildman–Crippen LogP) is 5.10. The van der Waals surface area contributed by atoms with Gasteiger partial charge in [0.25, 0.3) is 0 Å². The molecule has 0 unspecified atom stereocenters. The molecule has 0 aromatic heterocycles. The van der Waals surface area contributed by atoms with Gasteiger partial charge in [-0.3, -0.25) is 4.90 Å². The lowest BCUT2D eigenvalue weighted by molar-refractivity contribution is 0.0862. The second kappa shape index (κ2) is 10.9. The van der Waals surface area contributed by atoms with Crippen molar-refractivity contribution in [1.82, 2.24) is 10.2 Å². The number of nitrogens with zero attached hydrogens (tertiary/aromatic N) is 1. The second-order valence-electron chi connectivity index (χ2n) is 7.90. The molecular formula is C22H32Cl2N2O. The molecule has 0 amide bonds. The lowest BCUT2D eigenvalue weighted by Crippen LogP contribution is -2.48. The summed E-state index contributed by atoms with van der Waals surface area (Å²) in [5.74, 6) is 0.931. The van der Waals surface area contributed by atoms with E-state index in [1.54, 1.807) is 0 Å². The molecule has 1 heterocycles. The Labute approximate surface area is 176 Å². The van der Waals surface area contributed by atoms with Crippen LogP contribution in [0.2, 0.25) is 0 Å². The minimum absolute atomic E-state index is 0. The highest BCUT2D eigenvalue weighted by atomic mass is 35.5. The van der Waals surface area contributed by atoms with Crippen LogP contribution in [-0.4, -0.2) is 31.1 Å². The molecule has 3 rings (SSSR count). The highest BCUT2D eigenvalue weighted by molar-refractivity contribution is 5.85. The van der Waals surface area contributed by atoms with Crippen LogP contribution in [0.25, 0.3) is 0 Å². The molecular weight excluding hydrogens is 379 g/mol. The molecule has 0 saturated carbocycles. The normalized spacial score (nSPS) is 16.0. The molecule has 1 atom stereocenters. The average Bonchev–Trinajstić information content (AvgIpc) is 2.62. The topological polar surface area (TPSA) is 24.5 Å². The Kier molecular flexibility index (Phi) is 9.61. The third-order valence-electron chi connectivity index (χ3n) is 4.78. The summed E-state index contributed by atoms with van der Waals surface area (Å²) < 4.78 is 5.93. The van der Waals surface area contributed by atoms with Crippen molar-refractivity contribution in [3.63, 3.8) is 0 Å². The maximum Gasteiger partial charge on any atom is 0.119 e.